The number of unbranched alkanes of at least 4 members (excludes halogenated alkanes) is 2. The fourth-order valence-electron chi connectivity index (χ4n) is 3.42. The normalized spacial score (nSPS) is 12.2. The van der Waals surface area contributed by atoms with E-state index in [9.17, 15) is 0 Å². The van der Waals surface area contributed by atoms with Crippen molar-refractivity contribution in [3.05, 3.63) is 66.4 Å². The molecule has 0 fully saturated rings. The van der Waals surface area contributed by atoms with E-state index >= 15 is 0 Å². The van der Waals surface area contributed by atoms with E-state index < -0.39 is 0 Å². The molecule has 0 bridgehead atoms. The number of rotatable bonds is 8. The van der Waals surface area contributed by atoms with Crippen molar-refractivity contribution in [1.29, 1.82) is 0 Å². The SMILES string of the molecule is CCCCCC(CC)c1[nH]c(-c2ccccc2)nc1-c1ccccc1. The Kier molecular flexibility index (Phi) is 6.05. The van der Waals surface area contributed by atoms with Crippen molar-refractivity contribution in [1.82, 2.24) is 9.97 Å². The van der Waals surface area contributed by atoms with Gasteiger partial charge in [-0.15, -0.1) is 0 Å². The molecule has 25 heavy (non-hydrogen) atoms. The molecule has 0 saturated heterocycles. The zero-order valence-corrected chi connectivity index (χ0v) is 15.3. The molecule has 0 aliphatic carbocycles. The topological polar surface area (TPSA) is 28.7 Å². The molecule has 0 aliphatic rings. The van der Waals surface area contributed by atoms with Gasteiger partial charge < -0.3 is 4.98 Å². The number of imidazole rings is 1. The van der Waals surface area contributed by atoms with Crippen LogP contribution in [0.25, 0.3) is 22.6 Å². The molecule has 0 radical (unpaired) electrons. The van der Waals surface area contributed by atoms with Gasteiger partial charge in [0.15, 0.2) is 0 Å². The third-order valence-corrected chi connectivity index (χ3v) is 4.88. The summed E-state index contributed by atoms with van der Waals surface area (Å²) in [7, 11) is 0. The van der Waals surface area contributed by atoms with Crippen LogP contribution in [0, 0.1) is 0 Å². The van der Waals surface area contributed by atoms with Gasteiger partial charge in [0.2, 0.25) is 0 Å². The number of nitrogens with one attached hydrogen (secondary N) is 1. The highest BCUT2D eigenvalue weighted by molar-refractivity contribution is 5.68. The van der Waals surface area contributed by atoms with Gasteiger partial charge in [-0.2, -0.15) is 0 Å². The Labute approximate surface area is 151 Å². The molecule has 1 unspecified atom stereocenters. The second-order valence-electron chi connectivity index (χ2n) is 6.68. The summed E-state index contributed by atoms with van der Waals surface area (Å²) in [5.41, 5.74) is 4.76. The number of nitrogens with zero attached hydrogens (tertiary/aromatic N) is 1. The fourth-order valence-corrected chi connectivity index (χ4v) is 3.42. The molecule has 2 heteroatoms. The van der Waals surface area contributed by atoms with Crippen molar-refractivity contribution in [3.63, 3.8) is 0 Å². The first-order valence-electron chi connectivity index (χ1n) is 9.54. The molecule has 1 atom stereocenters. The van der Waals surface area contributed by atoms with E-state index in [0.29, 0.717) is 5.92 Å². The van der Waals surface area contributed by atoms with Crippen LogP contribution in [-0.2, 0) is 0 Å². The van der Waals surface area contributed by atoms with Gasteiger partial charge in [0.25, 0.3) is 0 Å². The second-order valence-corrected chi connectivity index (χ2v) is 6.68. The number of aromatic amines is 1. The predicted octanol–water partition coefficient (Wildman–Crippen LogP) is 6.82. The summed E-state index contributed by atoms with van der Waals surface area (Å²) < 4.78 is 0. The summed E-state index contributed by atoms with van der Waals surface area (Å²) in [6.45, 7) is 4.55. The van der Waals surface area contributed by atoms with Gasteiger partial charge in [-0.1, -0.05) is 93.8 Å². The van der Waals surface area contributed by atoms with Crippen LogP contribution >= 0.6 is 0 Å². The van der Waals surface area contributed by atoms with Crippen molar-refractivity contribution >= 4 is 0 Å². The van der Waals surface area contributed by atoms with Crippen molar-refractivity contribution in [2.45, 2.75) is 51.9 Å². The highest BCUT2D eigenvalue weighted by Crippen LogP contribution is 2.34. The molecule has 0 spiro atoms. The van der Waals surface area contributed by atoms with Crippen LogP contribution in [0.15, 0.2) is 60.7 Å². The lowest BCUT2D eigenvalue weighted by atomic mass is 9.92. The molecule has 1 aromatic heterocycles. The number of hydrogen-bond donors (Lipinski definition) is 1. The summed E-state index contributed by atoms with van der Waals surface area (Å²) in [6.07, 6.45) is 6.21. The first-order valence-corrected chi connectivity index (χ1v) is 9.54. The van der Waals surface area contributed by atoms with Gasteiger partial charge in [-0.3, -0.25) is 0 Å². The number of hydrogen-bond acceptors (Lipinski definition) is 1. The molecule has 2 nitrogen and oxygen atoms in total. The second kappa shape index (κ2) is 8.66. The molecule has 2 aromatic carbocycles. The van der Waals surface area contributed by atoms with Crippen molar-refractivity contribution < 1.29 is 0 Å². The van der Waals surface area contributed by atoms with E-state index in [4.69, 9.17) is 4.98 Å². The van der Waals surface area contributed by atoms with Crippen molar-refractivity contribution in [2.24, 2.45) is 0 Å². The molecule has 3 rings (SSSR count). The molecule has 0 amide bonds. The van der Waals surface area contributed by atoms with E-state index in [0.717, 1.165) is 23.5 Å². The molecular formula is C23H28N2. The molecule has 1 N–H and O–H groups in total. The quantitative estimate of drug-likeness (QED) is 0.450. The van der Waals surface area contributed by atoms with Gasteiger partial charge in [0, 0.05) is 22.7 Å². The Hall–Kier alpha value is -2.35. The van der Waals surface area contributed by atoms with Crippen LogP contribution in [-0.4, -0.2) is 9.97 Å². The molecule has 130 valence electrons. The van der Waals surface area contributed by atoms with E-state index in [1.54, 1.807) is 0 Å². The lowest BCUT2D eigenvalue weighted by molar-refractivity contribution is 0.546. The maximum atomic E-state index is 4.99. The van der Waals surface area contributed by atoms with E-state index in [-0.39, 0.29) is 0 Å². The standard InChI is InChI=1S/C23H28N2/c1-3-5-8-13-18(4-2)21-22(19-14-9-6-10-15-19)25-23(24-21)20-16-11-7-12-17-20/h6-7,9-12,14-18H,3-5,8,13H2,1-2H3,(H,24,25). The smallest absolute Gasteiger partial charge is 0.138 e. The van der Waals surface area contributed by atoms with Gasteiger partial charge in [0.1, 0.15) is 5.82 Å². The third-order valence-electron chi connectivity index (χ3n) is 4.88. The van der Waals surface area contributed by atoms with E-state index in [2.05, 4.69) is 73.4 Å². The first-order chi connectivity index (χ1) is 12.3. The maximum absolute atomic E-state index is 4.99. The van der Waals surface area contributed by atoms with Gasteiger partial charge in [-0.25, -0.2) is 4.98 Å². The zero-order valence-electron chi connectivity index (χ0n) is 15.3. The number of aromatic nitrogens is 2. The monoisotopic (exact) mass is 332 g/mol. The Morgan fingerprint density at radius 3 is 2.08 bits per heavy atom. The minimum atomic E-state index is 0.534. The van der Waals surface area contributed by atoms with Crippen LogP contribution in [0.1, 0.15) is 57.6 Å². The Balaban J connectivity index is 2.00. The number of H-pyrrole nitrogens is 1. The first kappa shape index (κ1) is 17.5. The lowest BCUT2D eigenvalue weighted by Gasteiger charge is -2.15. The third kappa shape index (κ3) is 4.19. The predicted molar refractivity (Wildman–Crippen MR) is 107 cm³/mol. The summed E-state index contributed by atoms with van der Waals surface area (Å²) >= 11 is 0. The fraction of sp³-hybridized carbons (Fsp3) is 0.348. The van der Waals surface area contributed by atoms with Crippen LogP contribution in [0.4, 0.5) is 0 Å². The molecule has 1 heterocycles. The largest absolute Gasteiger partial charge is 0.341 e. The van der Waals surface area contributed by atoms with E-state index in [1.165, 1.54) is 36.9 Å². The zero-order chi connectivity index (χ0) is 17.5. The molecular weight excluding hydrogens is 304 g/mol. The lowest BCUT2D eigenvalue weighted by Crippen LogP contribution is -2.00. The summed E-state index contributed by atoms with van der Waals surface area (Å²) in [5.74, 6) is 1.51. The van der Waals surface area contributed by atoms with Crippen LogP contribution < -0.4 is 0 Å². The van der Waals surface area contributed by atoms with Crippen LogP contribution in [0.3, 0.4) is 0 Å². The average molecular weight is 332 g/mol. The van der Waals surface area contributed by atoms with Gasteiger partial charge in [0.05, 0.1) is 5.69 Å². The van der Waals surface area contributed by atoms with Crippen molar-refractivity contribution in [2.75, 3.05) is 0 Å². The summed E-state index contributed by atoms with van der Waals surface area (Å²) in [5, 5.41) is 0. The Bertz CT molecular complexity index is 759. The van der Waals surface area contributed by atoms with Gasteiger partial charge >= 0.3 is 0 Å². The summed E-state index contributed by atoms with van der Waals surface area (Å²) in [4.78, 5) is 8.66. The Morgan fingerprint density at radius 1 is 0.840 bits per heavy atom. The minimum Gasteiger partial charge on any atom is -0.341 e. The highest BCUT2D eigenvalue weighted by atomic mass is 14.9. The number of benzene rings is 2. The Morgan fingerprint density at radius 2 is 1.48 bits per heavy atom. The van der Waals surface area contributed by atoms with Gasteiger partial charge in [-0.05, 0) is 12.8 Å². The maximum Gasteiger partial charge on any atom is 0.138 e. The minimum absolute atomic E-state index is 0.534. The molecule has 0 aliphatic heterocycles. The average Bonchev–Trinajstić information content (AvgIpc) is 3.12. The summed E-state index contributed by atoms with van der Waals surface area (Å²) in [6, 6.07) is 21.0. The van der Waals surface area contributed by atoms with Crippen LogP contribution in [0.2, 0.25) is 0 Å². The van der Waals surface area contributed by atoms with Crippen molar-refractivity contribution in [3.8, 4) is 22.6 Å². The highest BCUT2D eigenvalue weighted by Gasteiger charge is 2.20. The molecule has 3 aromatic rings. The van der Waals surface area contributed by atoms with Crippen LogP contribution in [0.5, 0.6) is 0 Å². The molecule has 0 saturated carbocycles. The van der Waals surface area contributed by atoms with E-state index in [1.807, 2.05) is 6.07 Å².